The molecule has 1 aromatic rings. The fourth-order valence-electron chi connectivity index (χ4n) is 1.26. The van der Waals surface area contributed by atoms with Gasteiger partial charge in [0.05, 0.1) is 12.6 Å². The topological polar surface area (TPSA) is 71.1 Å². The van der Waals surface area contributed by atoms with Gasteiger partial charge in [-0.3, -0.25) is 0 Å². The number of nitrogens with zero attached hydrogens (tertiary/aromatic N) is 1. The molecule has 1 heterocycles. The van der Waals surface area contributed by atoms with Crippen LogP contribution in [0.25, 0.3) is 0 Å². The highest BCUT2D eigenvalue weighted by Crippen LogP contribution is 2.43. The molecule has 0 aliphatic carbocycles. The second-order valence-electron chi connectivity index (χ2n) is 4.20. The first-order chi connectivity index (χ1) is 9.19. The first-order valence-electron chi connectivity index (χ1n) is 5.58. The molecule has 0 spiro atoms. The van der Waals surface area contributed by atoms with Crippen LogP contribution in [0.3, 0.4) is 0 Å². The molecular weight excluding hydrogens is 298 g/mol. The van der Waals surface area contributed by atoms with Gasteiger partial charge in [-0.2, -0.15) is 14.0 Å². The van der Waals surface area contributed by atoms with E-state index in [9.17, 15) is 17.6 Å². The maximum atomic E-state index is 12.9. The Balaban J connectivity index is 2.97. The van der Waals surface area contributed by atoms with Crippen molar-refractivity contribution in [3.05, 3.63) is 4.88 Å². The number of hydrogen-bond donors (Lipinski definition) is 2. The summed E-state index contributed by atoms with van der Waals surface area (Å²) in [5.41, 5.74) is 5.66. The zero-order valence-electron chi connectivity index (χ0n) is 10.7. The number of rotatable bonds is 6. The number of thiophene rings is 1. The first kappa shape index (κ1) is 16.4. The van der Waals surface area contributed by atoms with Crippen molar-refractivity contribution in [3.63, 3.8) is 0 Å². The lowest BCUT2D eigenvalue weighted by atomic mass is 10.3. The molecule has 1 aromatic heterocycles. The molecule has 0 saturated carbocycles. The molecule has 0 aliphatic heterocycles. The number of alkyl halides is 4. The average molecular weight is 311 g/mol. The highest BCUT2D eigenvalue weighted by Gasteiger charge is 2.40. The van der Waals surface area contributed by atoms with Gasteiger partial charge in [0.15, 0.2) is 5.75 Å². The molecule has 0 amide bonds. The molecule has 0 saturated heterocycles. The van der Waals surface area contributed by atoms with Crippen LogP contribution in [0, 0.1) is 11.3 Å². The third-order valence-corrected chi connectivity index (χ3v) is 3.21. The van der Waals surface area contributed by atoms with Crippen molar-refractivity contribution in [2.24, 2.45) is 0 Å². The van der Waals surface area contributed by atoms with Gasteiger partial charge in [-0.25, -0.2) is 8.78 Å². The monoisotopic (exact) mass is 311 g/mol. The second-order valence-corrected chi connectivity index (χ2v) is 5.22. The standard InChI is InChI=1S/C11H13F4N3OS/c1-5(2)19-8-7(17)6(3-16)20-9(8)18-4-11(14,15)10(12)13/h5,10,18H,4,17H2,1-2H3. The smallest absolute Gasteiger partial charge is 0.324 e. The lowest BCUT2D eigenvalue weighted by molar-refractivity contribution is -0.117. The first-order valence-corrected chi connectivity index (χ1v) is 6.39. The van der Waals surface area contributed by atoms with Crippen molar-refractivity contribution in [1.29, 1.82) is 5.26 Å². The van der Waals surface area contributed by atoms with E-state index in [0.717, 1.165) is 11.3 Å². The van der Waals surface area contributed by atoms with Crippen molar-refractivity contribution in [3.8, 4) is 11.8 Å². The summed E-state index contributed by atoms with van der Waals surface area (Å²) >= 11 is 0.780. The number of nitrogens with one attached hydrogen (secondary N) is 1. The summed E-state index contributed by atoms with van der Waals surface area (Å²) < 4.78 is 55.2. The van der Waals surface area contributed by atoms with Gasteiger partial charge in [0, 0.05) is 0 Å². The predicted octanol–water partition coefficient (Wildman–Crippen LogP) is 3.30. The Bertz CT molecular complexity index is 511. The van der Waals surface area contributed by atoms with Crippen LogP contribution < -0.4 is 15.8 Å². The number of ether oxygens (including phenoxy) is 1. The Morgan fingerprint density at radius 1 is 1.45 bits per heavy atom. The molecule has 4 nitrogen and oxygen atoms in total. The minimum absolute atomic E-state index is 0.00839. The number of nitriles is 1. The van der Waals surface area contributed by atoms with Crippen molar-refractivity contribution in [2.75, 3.05) is 17.6 Å². The summed E-state index contributed by atoms with van der Waals surface area (Å²) in [4.78, 5) is 0.0727. The van der Waals surface area contributed by atoms with Gasteiger partial charge in [0.2, 0.25) is 0 Å². The highest BCUT2D eigenvalue weighted by molar-refractivity contribution is 7.17. The van der Waals surface area contributed by atoms with Gasteiger partial charge < -0.3 is 15.8 Å². The zero-order chi connectivity index (χ0) is 15.5. The second kappa shape index (κ2) is 6.17. The largest absolute Gasteiger partial charge is 0.486 e. The molecule has 1 rings (SSSR count). The van der Waals surface area contributed by atoms with Gasteiger partial charge in [0.25, 0.3) is 0 Å². The molecule has 0 fully saturated rings. The van der Waals surface area contributed by atoms with Gasteiger partial charge in [-0.1, -0.05) is 0 Å². The van der Waals surface area contributed by atoms with Crippen LogP contribution in [-0.2, 0) is 0 Å². The van der Waals surface area contributed by atoms with Crippen molar-refractivity contribution < 1.29 is 22.3 Å². The van der Waals surface area contributed by atoms with Gasteiger partial charge in [0.1, 0.15) is 21.6 Å². The van der Waals surface area contributed by atoms with Crippen LogP contribution in [0.15, 0.2) is 0 Å². The van der Waals surface area contributed by atoms with E-state index in [0.29, 0.717) is 0 Å². The normalized spacial score (nSPS) is 11.8. The summed E-state index contributed by atoms with van der Waals surface area (Å²) in [5, 5.41) is 11.0. The van der Waals surface area contributed by atoms with Crippen molar-refractivity contribution in [1.82, 2.24) is 0 Å². The molecule has 20 heavy (non-hydrogen) atoms. The van der Waals surface area contributed by atoms with E-state index in [4.69, 9.17) is 15.7 Å². The molecule has 0 radical (unpaired) electrons. The van der Waals surface area contributed by atoms with Crippen LogP contribution in [0.4, 0.5) is 28.3 Å². The molecule has 0 unspecified atom stereocenters. The third kappa shape index (κ3) is 3.66. The molecule has 0 bridgehead atoms. The molecule has 3 N–H and O–H groups in total. The summed E-state index contributed by atoms with van der Waals surface area (Å²) in [6, 6.07) is 1.79. The quantitative estimate of drug-likeness (QED) is 0.791. The molecular formula is C11H13F4N3OS. The Labute approximate surface area is 117 Å². The Morgan fingerprint density at radius 2 is 2.05 bits per heavy atom. The van der Waals surface area contributed by atoms with E-state index in [-0.39, 0.29) is 27.4 Å². The van der Waals surface area contributed by atoms with Crippen LogP contribution in [0.2, 0.25) is 0 Å². The van der Waals surface area contributed by atoms with Gasteiger partial charge in [-0.05, 0) is 13.8 Å². The van der Waals surface area contributed by atoms with Gasteiger partial charge in [-0.15, -0.1) is 11.3 Å². The minimum Gasteiger partial charge on any atom is -0.486 e. The minimum atomic E-state index is -4.18. The number of halogens is 4. The number of nitrogen functional groups attached to an aromatic ring is 1. The third-order valence-electron chi connectivity index (χ3n) is 2.16. The SMILES string of the molecule is CC(C)Oc1c(NCC(F)(F)C(F)F)sc(C#N)c1N. The molecule has 0 atom stereocenters. The van der Waals surface area contributed by atoms with Crippen LogP contribution in [0.1, 0.15) is 18.7 Å². The van der Waals surface area contributed by atoms with Gasteiger partial charge >= 0.3 is 12.3 Å². The zero-order valence-corrected chi connectivity index (χ0v) is 11.5. The summed E-state index contributed by atoms with van der Waals surface area (Å²) in [6.45, 7) is 2.09. The number of anilines is 2. The van der Waals surface area contributed by atoms with Crippen molar-refractivity contribution in [2.45, 2.75) is 32.3 Å². The fraction of sp³-hybridized carbons (Fsp3) is 0.545. The molecule has 0 aliphatic rings. The lowest BCUT2D eigenvalue weighted by Gasteiger charge is -2.17. The maximum absolute atomic E-state index is 12.9. The predicted molar refractivity (Wildman–Crippen MR) is 68.7 cm³/mol. The summed E-state index contributed by atoms with van der Waals surface area (Å²) in [5.74, 6) is -4.15. The Morgan fingerprint density at radius 3 is 2.50 bits per heavy atom. The Kier molecular flexibility index (Phi) is 5.05. The molecule has 9 heteroatoms. The van der Waals surface area contributed by atoms with E-state index in [1.807, 2.05) is 0 Å². The summed E-state index contributed by atoms with van der Waals surface area (Å²) in [7, 11) is 0. The Hall–Kier alpha value is -1.69. The van der Waals surface area contributed by atoms with Crippen LogP contribution in [-0.4, -0.2) is 25.0 Å². The average Bonchev–Trinajstić information content (AvgIpc) is 2.63. The van der Waals surface area contributed by atoms with E-state index >= 15 is 0 Å². The lowest BCUT2D eigenvalue weighted by Crippen LogP contribution is -2.34. The summed E-state index contributed by atoms with van der Waals surface area (Å²) in [6.07, 6.45) is -4.09. The number of nitrogens with two attached hydrogens (primary N) is 1. The van der Waals surface area contributed by atoms with Crippen molar-refractivity contribution >= 4 is 22.0 Å². The molecule has 112 valence electrons. The fourth-order valence-corrected chi connectivity index (χ4v) is 2.10. The van der Waals surface area contributed by atoms with E-state index in [2.05, 4.69) is 5.32 Å². The molecule has 0 aromatic carbocycles. The van der Waals surface area contributed by atoms with E-state index < -0.39 is 18.9 Å². The van der Waals surface area contributed by atoms with Crippen LogP contribution in [0.5, 0.6) is 5.75 Å². The van der Waals surface area contributed by atoms with E-state index in [1.54, 1.807) is 19.9 Å². The van der Waals surface area contributed by atoms with E-state index in [1.165, 1.54) is 0 Å². The maximum Gasteiger partial charge on any atom is 0.324 e. The number of hydrogen-bond acceptors (Lipinski definition) is 5. The highest BCUT2D eigenvalue weighted by atomic mass is 32.1. The van der Waals surface area contributed by atoms with Crippen LogP contribution >= 0.6 is 11.3 Å².